The zero-order valence-corrected chi connectivity index (χ0v) is 17.8. The summed E-state index contributed by atoms with van der Waals surface area (Å²) >= 11 is 0. The monoisotopic (exact) mass is 418 g/mol. The Kier molecular flexibility index (Phi) is 9.32. The predicted octanol–water partition coefficient (Wildman–Crippen LogP) is 3.41. The number of β-amino-alcohol motifs (C(OH)–C–C–N with tert-alkyl or cyclic N) is 1. The van der Waals surface area contributed by atoms with E-state index in [9.17, 15) is 5.11 Å². The van der Waals surface area contributed by atoms with Crippen molar-refractivity contribution >= 4 is 18.1 Å². The molecule has 0 saturated carbocycles. The highest BCUT2D eigenvalue weighted by molar-refractivity contribution is 5.85. The van der Waals surface area contributed by atoms with Crippen LogP contribution in [0.15, 0.2) is 61.2 Å². The first-order chi connectivity index (χ1) is 13.7. The zero-order chi connectivity index (χ0) is 19.8. The maximum absolute atomic E-state index is 10.4. The number of nitrogens with zero attached hydrogens (tertiary/aromatic N) is 2. The minimum Gasteiger partial charge on any atom is -0.495 e. The number of aliphatic hydroxyl groups is 1. The quantitative estimate of drug-likeness (QED) is 0.632. The summed E-state index contributed by atoms with van der Waals surface area (Å²) in [6.45, 7) is 8.33. The van der Waals surface area contributed by atoms with Crippen LogP contribution in [0.25, 0.3) is 0 Å². The highest BCUT2D eigenvalue weighted by atomic mass is 35.5. The number of para-hydroxylation sites is 3. The molecule has 0 aromatic heterocycles. The van der Waals surface area contributed by atoms with E-state index in [4.69, 9.17) is 9.47 Å². The fourth-order valence-corrected chi connectivity index (χ4v) is 3.57. The Morgan fingerprint density at radius 1 is 1.03 bits per heavy atom. The van der Waals surface area contributed by atoms with Crippen molar-refractivity contribution in [1.82, 2.24) is 4.90 Å². The van der Waals surface area contributed by atoms with Crippen LogP contribution < -0.4 is 14.4 Å². The van der Waals surface area contributed by atoms with Gasteiger partial charge in [-0.2, -0.15) is 0 Å². The van der Waals surface area contributed by atoms with Crippen molar-refractivity contribution in [2.75, 3.05) is 51.3 Å². The maximum atomic E-state index is 10.4. The van der Waals surface area contributed by atoms with E-state index >= 15 is 0 Å². The lowest BCUT2D eigenvalue weighted by Crippen LogP contribution is -2.49. The molecule has 1 N–H and O–H groups in total. The largest absolute Gasteiger partial charge is 0.495 e. The second-order valence-corrected chi connectivity index (χ2v) is 7.02. The summed E-state index contributed by atoms with van der Waals surface area (Å²) in [6, 6.07) is 16.0. The fourth-order valence-electron chi connectivity index (χ4n) is 3.57. The van der Waals surface area contributed by atoms with E-state index in [1.54, 1.807) is 7.11 Å². The number of anilines is 1. The molecule has 1 aliphatic heterocycles. The minimum atomic E-state index is -0.519. The van der Waals surface area contributed by atoms with E-state index in [0.717, 1.165) is 55.3 Å². The molecule has 1 atom stereocenters. The Labute approximate surface area is 180 Å². The lowest BCUT2D eigenvalue weighted by Gasteiger charge is -2.37. The molecule has 0 amide bonds. The molecule has 6 heteroatoms. The fraction of sp³-hybridized carbons (Fsp3) is 0.391. The summed E-state index contributed by atoms with van der Waals surface area (Å²) in [5.41, 5.74) is 2.22. The third-order valence-electron chi connectivity index (χ3n) is 5.04. The van der Waals surface area contributed by atoms with Crippen LogP contribution in [0.3, 0.4) is 0 Å². The van der Waals surface area contributed by atoms with Gasteiger partial charge >= 0.3 is 0 Å². The molecular weight excluding hydrogens is 388 g/mol. The lowest BCUT2D eigenvalue weighted by molar-refractivity contribution is 0.0660. The van der Waals surface area contributed by atoms with Gasteiger partial charge in [-0.15, -0.1) is 19.0 Å². The van der Waals surface area contributed by atoms with Gasteiger partial charge in [-0.25, -0.2) is 0 Å². The molecule has 1 saturated heterocycles. The first-order valence-corrected chi connectivity index (χ1v) is 9.81. The molecule has 0 spiro atoms. The van der Waals surface area contributed by atoms with Gasteiger partial charge in [-0.3, -0.25) is 4.90 Å². The van der Waals surface area contributed by atoms with Crippen LogP contribution >= 0.6 is 12.4 Å². The van der Waals surface area contributed by atoms with Gasteiger partial charge in [-0.05, 0) is 30.2 Å². The number of hydrogen-bond acceptors (Lipinski definition) is 5. The van der Waals surface area contributed by atoms with Crippen molar-refractivity contribution in [1.29, 1.82) is 0 Å². The smallest absolute Gasteiger partial charge is 0.142 e. The highest BCUT2D eigenvalue weighted by Crippen LogP contribution is 2.28. The summed E-state index contributed by atoms with van der Waals surface area (Å²) in [5.74, 6) is 1.73. The van der Waals surface area contributed by atoms with Crippen LogP contribution in [-0.4, -0.2) is 62.6 Å². The highest BCUT2D eigenvalue weighted by Gasteiger charge is 2.21. The van der Waals surface area contributed by atoms with E-state index < -0.39 is 6.10 Å². The molecule has 3 rings (SSSR count). The van der Waals surface area contributed by atoms with Crippen LogP contribution in [-0.2, 0) is 6.42 Å². The van der Waals surface area contributed by atoms with Gasteiger partial charge in [0.05, 0.1) is 12.8 Å². The zero-order valence-electron chi connectivity index (χ0n) is 17.0. The molecule has 2 aromatic rings. The third kappa shape index (κ3) is 6.39. The molecule has 0 aliphatic carbocycles. The summed E-state index contributed by atoms with van der Waals surface area (Å²) in [5, 5.41) is 10.4. The second-order valence-electron chi connectivity index (χ2n) is 7.02. The van der Waals surface area contributed by atoms with Crippen molar-refractivity contribution in [2.45, 2.75) is 12.5 Å². The van der Waals surface area contributed by atoms with E-state index in [1.807, 2.05) is 48.5 Å². The van der Waals surface area contributed by atoms with Crippen LogP contribution in [0, 0.1) is 0 Å². The number of rotatable bonds is 9. The van der Waals surface area contributed by atoms with Gasteiger partial charge in [0.15, 0.2) is 0 Å². The average Bonchev–Trinajstić information content (AvgIpc) is 2.74. The maximum Gasteiger partial charge on any atom is 0.142 e. The Morgan fingerprint density at radius 2 is 1.69 bits per heavy atom. The number of hydrogen-bond donors (Lipinski definition) is 1. The molecule has 1 unspecified atom stereocenters. The average molecular weight is 419 g/mol. The number of ether oxygens (including phenoxy) is 2. The molecule has 1 fully saturated rings. The van der Waals surface area contributed by atoms with E-state index in [-0.39, 0.29) is 12.4 Å². The Bertz CT molecular complexity index is 763. The number of piperazine rings is 1. The van der Waals surface area contributed by atoms with Crippen LogP contribution in [0.1, 0.15) is 5.56 Å². The van der Waals surface area contributed by atoms with Crippen molar-refractivity contribution < 1.29 is 14.6 Å². The normalized spacial score (nSPS) is 15.3. The summed E-state index contributed by atoms with van der Waals surface area (Å²) < 4.78 is 11.3. The molecule has 1 aliphatic rings. The van der Waals surface area contributed by atoms with Crippen molar-refractivity contribution in [3.05, 3.63) is 66.7 Å². The van der Waals surface area contributed by atoms with Crippen LogP contribution in [0.2, 0.25) is 0 Å². The third-order valence-corrected chi connectivity index (χ3v) is 5.04. The number of allylic oxidation sites excluding steroid dienone is 1. The standard InChI is InChI=1S/C23H30N2O3.ClH/c1-3-8-19-9-4-6-11-22(19)28-18-20(26)17-24-13-15-25(16-14-24)21-10-5-7-12-23(21)27-2;/h3-7,9-12,20,26H,1,8,13-18H2,2H3;1H. The summed E-state index contributed by atoms with van der Waals surface area (Å²) in [6.07, 6.45) is 2.10. The SMILES string of the molecule is C=CCc1ccccc1OCC(O)CN1CCN(c2ccccc2OC)CC1.Cl. The van der Waals surface area contributed by atoms with Gasteiger partial charge in [0, 0.05) is 32.7 Å². The topological polar surface area (TPSA) is 45.2 Å². The molecule has 0 radical (unpaired) electrons. The molecule has 158 valence electrons. The Morgan fingerprint density at radius 3 is 2.38 bits per heavy atom. The first-order valence-electron chi connectivity index (χ1n) is 9.81. The van der Waals surface area contributed by atoms with E-state index in [1.165, 1.54) is 0 Å². The Hall–Kier alpha value is -2.21. The van der Waals surface area contributed by atoms with Crippen molar-refractivity contribution in [3.8, 4) is 11.5 Å². The molecule has 2 aromatic carbocycles. The molecule has 29 heavy (non-hydrogen) atoms. The summed E-state index contributed by atoms with van der Waals surface area (Å²) in [4.78, 5) is 4.62. The minimum absolute atomic E-state index is 0. The van der Waals surface area contributed by atoms with Gasteiger partial charge in [0.25, 0.3) is 0 Å². The van der Waals surface area contributed by atoms with Crippen molar-refractivity contribution in [3.63, 3.8) is 0 Å². The molecule has 0 bridgehead atoms. The molecule has 1 heterocycles. The molecule has 5 nitrogen and oxygen atoms in total. The van der Waals surface area contributed by atoms with Crippen molar-refractivity contribution in [2.24, 2.45) is 0 Å². The number of halogens is 1. The van der Waals surface area contributed by atoms with Gasteiger partial charge in [-0.1, -0.05) is 36.4 Å². The number of aliphatic hydroxyl groups excluding tert-OH is 1. The second kappa shape index (κ2) is 11.7. The summed E-state index contributed by atoms with van der Waals surface area (Å²) in [7, 11) is 1.71. The number of benzene rings is 2. The van der Waals surface area contributed by atoms with Crippen LogP contribution in [0.5, 0.6) is 11.5 Å². The van der Waals surface area contributed by atoms with E-state index in [0.29, 0.717) is 13.2 Å². The number of methoxy groups -OCH3 is 1. The van der Waals surface area contributed by atoms with Crippen LogP contribution in [0.4, 0.5) is 5.69 Å². The van der Waals surface area contributed by atoms with Gasteiger partial charge < -0.3 is 19.5 Å². The van der Waals surface area contributed by atoms with Gasteiger partial charge in [0.1, 0.15) is 24.2 Å². The first kappa shape index (κ1) is 23.1. The van der Waals surface area contributed by atoms with Gasteiger partial charge in [0.2, 0.25) is 0 Å². The Balaban J connectivity index is 0.00000300. The van der Waals surface area contributed by atoms with E-state index in [2.05, 4.69) is 22.4 Å². The predicted molar refractivity (Wildman–Crippen MR) is 121 cm³/mol. The lowest BCUT2D eigenvalue weighted by atomic mass is 10.1. The molecular formula is C23H31ClN2O3.